The molecule has 0 spiro atoms. The third-order valence-corrected chi connectivity index (χ3v) is 3.36. The number of benzene rings is 2. The van der Waals surface area contributed by atoms with E-state index in [1.165, 1.54) is 13.2 Å². The van der Waals surface area contributed by atoms with E-state index >= 15 is 0 Å². The van der Waals surface area contributed by atoms with Crippen molar-refractivity contribution in [1.82, 2.24) is 4.98 Å². The molecular weight excluding hydrogens is 266 g/mol. The Morgan fingerprint density at radius 3 is 2.79 bits per heavy atom. The van der Waals surface area contributed by atoms with E-state index in [0.29, 0.717) is 22.2 Å². The highest BCUT2D eigenvalue weighted by atomic mass is 35.5. The average molecular weight is 276 g/mol. The summed E-state index contributed by atoms with van der Waals surface area (Å²) in [5.74, 6) is 0.185. The molecule has 2 aromatic carbocycles. The molecule has 4 nitrogen and oxygen atoms in total. The SMILES string of the molecule is COc1c(Cl)cc(O)c2c(=O)c3ccccc3[nH]c12. The molecule has 0 bridgehead atoms. The number of aromatic hydroxyl groups is 1. The van der Waals surface area contributed by atoms with Crippen LogP contribution in [-0.4, -0.2) is 17.2 Å². The quantitative estimate of drug-likeness (QED) is 0.671. The van der Waals surface area contributed by atoms with E-state index in [4.69, 9.17) is 16.3 Å². The molecule has 0 radical (unpaired) electrons. The number of ether oxygens (including phenoxy) is 1. The van der Waals surface area contributed by atoms with Gasteiger partial charge in [0, 0.05) is 17.0 Å². The summed E-state index contributed by atoms with van der Waals surface area (Å²) in [5.41, 5.74) is 0.813. The van der Waals surface area contributed by atoms with Gasteiger partial charge < -0.3 is 14.8 Å². The fourth-order valence-corrected chi connectivity index (χ4v) is 2.50. The second-order valence-corrected chi connectivity index (χ2v) is 4.57. The summed E-state index contributed by atoms with van der Waals surface area (Å²) in [5, 5.41) is 10.9. The maximum absolute atomic E-state index is 12.4. The van der Waals surface area contributed by atoms with Crippen LogP contribution in [0.25, 0.3) is 21.8 Å². The largest absolute Gasteiger partial charge is 0.507 e. The van der Waals surface area contributed by atoms with Gasteiger partial charge in [-0.2, -0.15) is 0 Å². The first-order valence-electron chi connectivity index (χ1n) is 5.63. The first kappa shape index (κ1) is 11.9. The zero-order valence-electron chi connectivity index (χ0n) is 10.0. The van der Waals surface area contributed by atoms with E-state index in [1.807, 2.05) is 6.07 Å². The third kappa shape index (κ3) is 1.64. The van der Waals surface area contributed by atoms with Gasteiger partial charge in [0.2, 0.25) is 5.43 Å². The number of pyridine rings is 1. The predicted molar refractivity (Wildman–Crippen MR) is 75.3 cm³/mol. The van der Waals surface area contributed by atoms with Crippen LogP contribution in [0.15, 0.2) is 35.1 Å². The zero-order valence-corrected chi connectivity index (χ0v) is 10.8. The molecule has 0 fully saturated rings. The number of nitrogens with one attached hydrogen (secondary N) is 1. The van der Waals surface area contributed by atoms with E-state index in [1.54, 1.807) is 18.2 Å². The van der Waals surface area contributed by atoms with Gasteiger partial charge in [-0.1, -0.05) is 23.7 Å². The van der Waals surface area contributed by atoms with E-state index in [-0.39, 0.29) is 21.6 Å². The van der Waals surface area contributed by atoms with Gasteiger partial charge in [-0.25, -0.2) is 0 Å². The molecule has 0 aliphatic carbocycles. The monoisotopic (exact) mass is 275 g/mol. The van der Waals surface area contributed by atoms with Crippen molar-refractivity contribution < 1.29 is 9.84 Å². The first-order valence-corrected chi connectivity index (χ1v) is 6.01. The maximum atomic E-state index is 12.4. The Labute approximate surface area is 113 Å². The number of halogens is 1. The molecule has 0 aliphatic rings. The van der Waals surface area contributed by atoms with Gasteiger partial charge in [0.05, 0.1) is 23.0 Å². The summed E-state index contributed by atoms with van der Waals surface area (Å²) in [6.07, 6.45) is 0. The lowest BCUT2D eigenvalue weighted by atomic mass is 10.1. The fourth-order valence-electron chi connectivity index (χ4n) is 2.23. The number of fused-ring (bicyclic) bond motifs is 2. The molecule has 5 heteroatoms. The van der Waals surface area contributed by atoms with Crippen LogP contribution in [0.4, 0.5) is 0 Å². The van der Waals surface area contributed by atoms with Crippen molar-refractivity contribution in [3.8, 4) is 11.5 Å². The zero-order chi connectivity index (χ0) is 13.6. The Bertz CT molecular complexity index is 855. The molecule has 1 aromatic heterocycles. The number of methoxy groups -OCH3 is 1. The maximum Gasteiger partial charge on any atom is 0.201 e. The normalized spacial score (nSPS) is 11.1. The standard InChI is InChI=1S/C14H10ClNO3/c1-19-14-8(15)6-10(17)11-12(14)16-9-5-3-2-4-7(9)13(11)18/h2-6,17H,1H3,(H,16,18). The molecule has 96 valence electrons. The Morgan fingerprint density at radius 1 is 1.32 bits per heavy atom. The van der Waals surface area contributed by atoms with Gasteiger partial charge >= 0.3 is 0 Å². The van der Waals surface area contributed by atoms with E-state index in [9.17, 15) is 9.90 Å². The molecule has 0 saturated carbocycles. The minimum Gasteiger partial charge on any atom is -0.507 e. The van der Waals surface area contributed by atoms with Crippen LogP contribution < -0.4 is 10.2 Å². The first-order chi connectivity index (χ1) is 9.13. The second-order valence-electron chi connectivity index (χ2n) is 4.16. The van der Waals surface area contributed by atoms with Crippen molar-refractivity contribution in [2.45, 2.75) is 0 Å². The van der Waals surface area contributed by atoms with Crippen LogP contribution in [0.2, 0.25) is 5.02 Å². The Hall–Kier alpha value is -2.20. The number of hydrogen-bond donors (Lipinski definition) is 2. The highest BCUT2D eigenvalue weighted by Crippen LogP contribution is 2.37. The molecule has 0 aliphatic heterocycles. The minimum absolute atomic E-state index is 0.159. The van der Waals surface area contributed by atoms with Crippen LogP contribution in [0.5, 0.6) is 11.5 Å². The number of aromatic amines is 1. The number of phenols is 1. The van der Waals surface area contributed by atoms with Crippen LogP contribution >= 0.6 is 11.6 Å². The lowest BCUT2D eigenvalue weighted by Crippen LogP contribution is -2.05. The van der Waals surface area contributed by atoms with Gasteiger partial charge in [-0.05, 0) is 12.1 Å². The van der Waals surface area contributed by atoms with E-state index in [0.717, 1.165) is 0 Å². The Morgan fingerprint density at radius 2 is 2.05 bits per heavy atom. The lowest BCUT2D eigenvalue weighted by molar-refractivity contribution is 0.417. The summed E-state index contributed by atoms with van der Waals surface area (Å²) in [7, 11) is 1.46. The van der Waals surface area contributed by atoms with Gasteiger partial charge in [-0.3, -0.25) is 4.79 Å². The highest BCUT2D eigenvalue weighted by Gasteiger charge is 2.16. The molecule has 1 heterocycles. The topological polar surface area (TPSA) is 62.3 Å². The summed E-state index contributed by atoms with van der Waals surface area (Å²) in [4.78, 5) is 15.5. The van der Waals surface area contributed by atoms with Gasteiger partial charge in [0.15, 0.2) is 5.75 Å². The van der Waals surface area contributed by atoms with Crippen molar-refractivity contribution in [2.75, 3.05) is 7.11 Å². The fraction of sp³-hybridized carbons (Fsp3) is 0.0714. The molecule has 3 aromatic rings. The van der Waals surface area contributed by atoms with Crippen LogP contribution in [-0.2, 0) is 0 Å². The predicted octanol–water partition coefficient (Wildman–Crippen LogP) is 3.05. The molecule has 19 heavy (non-hydrogen) atoms. The van der Waals surface area contributed by atoms with E-state index in [2.05, 4.69) is 4.98 Å². The number of para-hydroxylation sites is 1. The molecule has 0 atom stereocenters. The van der Waals surface area contributed by atoms with Gasteiger partial charge in [0.1, 0.15) is 5.75 Å². The second kappa shape index (κ2) is 4.17. The Kier molecular flexibility index (Phi) is 2.61. The van der Waals surface area contributed by atoms with Crippen LogP contribution in [0.3, 0.4) is 0 Å². The van der Waals surface area contributed by atoms with Crippen LogP contribution in [0.1, 0.15) is 0 Å². The number of phenolic OH excluding ortho intramolecular Hbond substituents is 1. The molecule has 0 amide bonds. The third-order valence-electron chi connectivity index (χ3n) is 3.08. The minimum atomic E-state index is -0.253. The molecule has 3 rings (SSSR count). The van der Waals surface area contributed by atoms with Crippen LogP contribution in [0, 0.1) is 0 Å². The summed E-state index contributed by atoms with van der Waals surface area (Å²) >= 11 is 6.01. The van der Waals surface area contributed by atoms with Crippen molar-refractivity contribution in [3.63, 3.8) is 0 Å². The molecule has 0 saturated heterocycles. The highest BCUT2D eigenvalue weighted by molar-refractivity contribution is 6.33. The van der Waals surface area contributed by atoms with Gasteiger partial charge in [0.25, 0.3) is 0 Å². The van der Waals surface area contributed by atoms with Crippen molar-refractivity contribution in [3.05, 3.63) is 45.6 Å². The summed E-state index contributed by atoms with van der Waals surface area (Å²) < 4.78 is 5.20. The molecule has 0 unspecified atom stereocenters. The number of hydrogen-bond acceptors (Lipinski definition) is 3. The van der Waals surface area contributed by atoms with Gasteiger partial charge in [-0.15, -0.1) is 0 Å². The number of rotatable bonds is 1. The van der Waals surface area contributed by atoms with Crippen molar-refractivity contribution in [1.29, 1.82) is 0 Å². The lowest BCUT2D eigenvalue weighted by Gasteiger charge is -2.10. The molecule has 2 N–H and O–H groups in total. The summed E-state index contributed by atoms with van der Waals surface area (Å²) in [6.45, 7) is 0. The molecular formula is C14H10ClNO3. The summed E-state index contributed by atoms with van der Waals surface area (Å²) in [6, 6.07) is 8.39. The smallest absolute Gasteiger partial charge is 0.201 e. The Balaban J connectivity index is 2.65. The average Bonchev–Trinajstić information content (AvgIpc) is 2.39. The van der Waals surface area contributed by atoms with Crippen molar-refractivity contribution >= 4 is 33.4 Å². The van der Waals surface area contributed by atoms with Crippen molar-refractivity contribution in [2.24, 2.45) is 0 Å². The van der Waals surface area contributed by atoms with E-state index < -0.39 is 0 Å². The number of aromatic nitrogens is 1. The number of H-pyrrole nitrogens is 1.